The molecule has 0 spiro atoms. The third kappa shape index (κ3) is 5.91. The van der Waals surface area contributed by atoms with E-state index in [1.165, 1.54) is 19.3 Å². The van der Waals surface area contributed by atoms with Crippen molar-refractivity contribution in [3.05, 3.63) is 18.5 Å². The molecule has 3 rings (SSSR count). The Morgan fingerprint density at radius 1 is 1.38 bits per heavy atom. The van der Waals surface area contributed by atoms with Crippen molar-refractivity contribution in [2.75, 3.05) is 32.8 Å². The lowest BCUT2D eigenvalue weighted by Gasteiger charge is -2.23. The molecule has 136 valence electrons. The second-order valence-electron chi connectivity index (χ2n) is 6.71. The molecule has 3 heterocycles. The van der Waals surface area contributed by atoms with Gasteiger partial charge in [0.2, 0.25) is 0 Å². The first kappa shape index (κ1) is 19.5. The molecule has 2 aliphatic heterocycles. The summed E-state index contributed by atoms with van der Waals surface area (Å²) in [7, 11) is 0. The van der Waals surface area contributed by atoms with Crippen LogP contribution in [0.1, 0.15) is 32.6 Å². The Bertz CT molecular complexity index is 481. The maximum absolute atomic E-state index is 5.71. The molecule has 1 N–H and O–H groups in total. The van der Waals surface area contributed by atoms with Gasteiger partial charge in [0.25, 0.3) is 0 Å². The number of nitrogens with zero attached hydrogens (tertiary/aromatic N) is 4. The van der Waals surface area contributed by atoms with Crippen LogP contribution in [-0.4, -0.2) is 59.5 Å². The number of rotatable bonds is 6. The van der Waals surface area contributed by atoms with Gasteiger partial charge in [-0.3, -0.25) is 9.67 Å². The molecule has 6 nitrogen and oxygen atoms in total. The number of guanidine groups is 1. The molecule has 2 unspecified atom stereocenters. The van der Waals surface area contributed by atoms with Crippen molar-refractivity contribution >= 4 is 29.9 Å². The van der Waals surface area contributed by atoms with Crippen LogP contribution in [0.2, 0.25) is 0 Å². The largest absolute Gasteiger partial charge is 0.376 e. The maximum Gasteiger partial charge on any atom is 0.194 e. The van der Waals surface area contributed by atoms with Crippen LogP contribution in [0.5, 0.6) is 0 Å². The molecule has 2 saturated heterocycles. The lowest BCUT2D eigenvalue weighted by Crippen LogP contribution is -2.43. The van der Waals surface area contributed by atoms with Gasteiger partial charge < -0.3 is 15.0 Å². The Labute approximate surface area is 162 Å². The summed E-state index contributed by atoms with van der Waals surface area (Å²) >= 11 is 0. The maximum atomic E-state index is 5.71. The highest BCUT2D eigenvalue weighted by molar-refractivity contribution is 14.0. The van der Waals surface area contributed by atoms with Gasteiger partial charge in [-0.2, -0.15) is 5.10 Å². The predicted molar refractivity (Wildman–Crippen MR) is 107 cm³/mol. The normalized spacial score (nSPS) is 22.5. The highest BCUT2D eigenvalue weighted by atomic mass is 127. The molecule has 1 aromatic heterocycles. The first-order chi connectivity index (χ1) is 11.3. The zero-order valence-corrected chi connectivity index (χ0v) is 16.9. The molecule has 2 aliphatic rings. The lowest BCUT2D eigenvalue weighted by atomic mass is 10.2. The Morgan fingerprint density at radius 2 is 2.21 bits per heavy atom. The highest BCUT2D eigenvalue weighted by Gasteiger charge is 2.20. The zero-order valence-electron chi connectivity index (χ0n) is 14.6. The molecule has 0 aliphatic carbocycles. The number of likely N-dealkylation sites (tertiary alicyclic amines) is 1. The summed E-state index contributed by atoms with van der Waals surface area (Å²) in [5.74, 6) is 1.53. The van der Waals surface area contributed by atoms with Gasteiger partial charge in [0, 0.05) is 51.7 Å². The van der Waals surface area contributed by atoms with E-state index in [0.717, 1.165) is 51.7 Å². The van der Waals surface area contributed by atoms with Crippen LogP contribution < -0.4 is 5.32 Å². The number of hydrogen-bond acceptors (Lipinski definition) is 3. The molecule has 24 heavy (non-hydrogen) atoms. The van der Waals surface area contributed by atoms with Gasteiger partial charge in [-0.15, -0.1) is 24.0 Å². The van der Waals surface area contributed by atoms with Crippen molar-refractivity contribution < 1.29 is 4.74 Å². The van der Waals surface area contributed by atoms with Crippen LogP contribution in [0.25, 0.3) is 0 Å². The minimum absolute atomic E-state index is 0. The summed E-state index contributed by atoms with van der Waals surface area (Å²) < 4.78 is 7.70. The van der Waals surface area contributed by atoms with E-state index in [1.54, 1.807) is 0 Å². The third-order valence-electron chi connectivity index (χ3n) is 4.53. The first-order valence-corrected chi connectivity index (χ1v) is 8.93. The second kappa shape index (κ2) is 10.2. The summed E-state index contributed by atoms with van der Waals surface area (Å²) in [5.41, 5.74) is 0. The van der Waals surface area contributed by atoms with Gasteiger partial charge >= 0.3 is 0 Å². The average molecular weight is 447 g/mol. The van der Waals surface area contributed by atoms with Crippen LogP contribution in [0.3, 0.4) is 0 Å². The summed E-state index contributed by atoms with van der Waals surface area (Å²) in [4.78, 5) is 7.27. The molecule has 0 amide bonds. The molecule has 2 fully saturated rings. The average Bonchev–Trinajstić information content (AvgIpc) is 3.30. The van der Waals surface area contributed by atoms with Crippen LogP contribution in [0.15, 0.2) is 23.5 Å². The lowest BCUT2D eigenvalue weighted by molar-refractivity contribution is 0.113. The van der Waals surface area contributed by atoms with Crippen molar-refractivity contribution in [1.29, 1.82) is 0 Å². The van der Waals surface area contributed by atoms with E-state index in [-0.39, 0.29) is 24.0 Å². The van der Waals surface area contributed by atoms with Crippen LogP contribution in [0, 0.1) is 5.92 Å². The molecule has 2 atom stereocenters. The van der Waals surface area contributed by atoms with Crippen LogP contribution >= 0.6 is 24.0 Å². The minimum atomic E-state index is 0. The van der Waals surface area contributed by atoms with E-state index >= 15 is 0 Å². The Hall–Kier alpha value is -0.830. The van der Waals surface area contributed by atoms with Crippen molar-refractivity contribution in [3.8, 4) is 0 Å². The summed E-state index contributed by atoms with van der Waals surface area (Å²) in [6, 6.07) is 1.97. The van der Waals surface area contributed by atoms with E-state index in [1.807, 2.05) is 23.1 Å². The molecule has 0 bridgehead atoms. The second-order valence-corrected chi connectivity index (χ2v) is 6.71. The van der Waals surface area contributed by atoms with Gasteiger partial charge in [-0.1, -0.05) is 6.92 Å². The molecule has 1 aromatic rings. The van der Waals surface area contributed by atoms with Gasteiger partial charge in [-0.05, 0) is 37.7 Å². The van der Waals surface area contributed by atoms with E-state index < -0.39 is 0 Å². The van der Waals surface area contributed by atoms with Gasteiger partial charge in [-0.25, -0.2) is 0 Å². The molecular weight excluding hydrogens is 417 g/mol. The monoisotopic (exact) mass is 447 g/mol. The van der Waals surface area contributed by atoms with Crippen LogP contribution in [0.4, 0.5) is 0 Å². The van der Waals surface area contributed by atoms with Crippen molar-refractivity contribution in [2.24, 2.45) is 10.9 Å². The molecule has 7 heteroatoms. The van der Waals surface area contributed by atoms with Gasteiger partial charge in [0.1, 0.15) is 0 Å². The molecular formula is C17H30IN5O. The number of aromatic nitrogens is 2. The topological polar surface area (TPSA) is 54.7 Å². The Balaban J connectivity index is 0.00000208. The third-order valence-corrected chi connectivity index (χ3v) is 4.53. The highest BCUT2D eigenvalue weighted by Crippen LogP contribution is 2.12. The summed E-state index contributed by atoms with van der Waals surface area (Å²) in [6.45, 7) is 7.98. The minimum Gasteiger partial charge on any atom is -0.376 e. The summed E-state index contributed by atoms with van der Waals surface area (Å²) in [5, 5.41) is 7.82. The number of aliphatic imine (C=N–C) groups is 1. The van der Waals surface area contributed by atoms with Crippen molar-refractivity contribution in [3.63, 3.8) is 0 Å². The van der Waals surface area contributed by atoms with E-state index in [0.29, 0.717) is 12.0 Å². The predicted octanol–water partition coefficient (Wildman–Crippen LogP) is 2.36. The Kier molecular flexibility index (Phi) is 8.31. The van der Waals surface area contributed by atoms with E-state index in [9.17, 15) is 0 Å². The molecule has 0 aromatic carbocycles. The standard InChI is InChI=1S/C17H29N5O.HI/c1-15(14-22-10-5-7-20-22)12-18-17(21-8-2-3-9-21)19-13-16-6-4-11-23-16;/h5,7,10,15-16H,2-4,6,8-9,11-14H2,1H3,(H,18,19);1H. The van der Waals surface area contributed by atoms with Crippen molar-refractivity contribution in [2.45, 2.75) is 45.3 Å². The van der Waals surface area contributed by atoms with Gasteiger partial charge in [0.15, 0.2) is 5.96 Å². The first-order valence-electron chi connectivity index (χ1n) is 8.93. The quantitative estimate of drug-likeness (QED) is 0.414. The number of ether oxygens (including phenoxy) is 1. The fourth-order valence-corrected chi connectivity index (χ4v) is 3.23. The number of hydrogen-bond donors (Lipinski definition) is 1. The Morgan fingerprint density at radius 3 is 2.88 bits per heavy atom. The van der Waals surface area contributed by atoms with Gasteiger partial charge in [0.05, 0.1) is 6.10 Å². The number of halogens is 1. The van der Waals surface area contributed by atoms with E-state index in [4.69, 9.17) is 9.73 Å². The zero-order chi connectivity index (χ0) is 15.9. The molecule has 0 radical (unpaired) electrons. The van der Waals surface area contributed by atoms with Crippen molar-refractivity contribution in [1.82, 2.24) is 20.0 Å². The van der Waals surface area contributed by atoms with E-state index in [2.05, 4.69) is 22.2 Å². The fraction of sp³-hybridized carbons (Fsp3) is 0.765. The fourth-order valence-electron chi connectivity index (χ4n) is 3.23. The number of nitrogens with one attached hydrogen (secondary N) is 1. The molecule has 0 saturated carbocycles. The summed E-state index contributed by atoms with van der Waals surface area (Å²) in [6.07, 6.45) is 9.07. The van der Waals surface area contributed by atoms with Crippen LogP contribution in [-0.2, 0) is 11.3 Å². The SMILES string of the molecule is CC(CN=C(NCC1CCCO1)N1CCCC1)Cn1cccn1.I. The smallest absolute Gasteiger partial charge is 0.194 e.